The number of nitrogens with zero attached hydrogens (tertiary/aromatic N) is 1. The van der Waals surface area contributed by atoms with Gasteiger partial charge in [-0.25, -0.2) is 4.98 Å². The molecule has 6 nitrogen and oxygen atoms in total. The summed E-state index contributed by atoms with van der Waals surface area (Å²) in [4.78, 5) is 16.5. The fourth-order valence-electron chi connectivity index (χ4n) is 2.71. The van der Waals surface area contributed by atoms with Crippen LogP contribution in [0.4, 0.5) is 5.82 Å². The number of amides is 1. The van der Waals surface area contributed by atoms with E-state index >= 15 is 0 Å². The summed E-state index contributed by atoms with van der Waals surface area (Å²) in [6, 6.07) is 18.8. The topological polar surface area (TPSA) is 86.5 Å². The maximum Gasteiger partial charge on any atom is 0.255 e. The van der Waals surface area contributed by atoms with Crippen LogP contribution in [0, 0.1) is 6.92 Å². The summed E-state index contributed by atoms with van der Waals surface area (Å²) in [5, 5.41) is 2.85. The first-order chi connectivity index (χ1) is 13.5. The van der Waals surface area contributed by atoms with Gasteiger partial charge in [0.2, 0.25) is 0 Å². The molecule has 0 spiro atoms. The van der Waals surface area contributed by atoms with Crippen molar-refractivity contribution in [3.05, 3.63) is 83.0 Å². The van der Waals surface area contributed by atoms with Crippen molar-refractivity contribution in [2.45, 2.75) is 20.1 Å². The zero-order valence-electron chi connectivity index (χ0n) is 15.9. The van der Waals surface area contributed by atoms with Crippen LogP contribution in [0.1, 0.15) is 27.2 Å². The van der Waals surface area contributed by atoms with Gasteiger partial charge in [0.05, 0.1) is 17.9 Å². The molecule has 0 fully saturated rings. The molecule has 3 rings (SSSR count). The van der Waals surface area contributed by atoms with Gasteiger partial charge in [-0.2, -0.15) is 0 Å². The quantitative estimate of drug-likeness (QED) is 0.653. The van der Waals surface area contributed by atoms with Crippen molar-refractivity contribution in [3.63, 3.8) is 0 Å². The maximum absolute atomic E-state index is 12.4. The lowest BCUT2D eigenvalue weighted by Gasteiger charge is -2.10. The first-order valence-electron chi connectivity index (χ1n) is 8.91. The number of methoxy groups -OCH3 is 1. The van der Waals surface area contributed by atoms with Crippen molar-refractivity contribution in [1.82, 2.24) is 10.3 Å². The molecule has 28 heavy (non-hydrogen) atoms. The van der Waals surface area contributed by atoms with Gasteiger partial charge in [0, 0.05) is 13.7 Å². The number of carbonyl (C=O) groups is 1. The van der Waals surface area contributed by atoms with E-state index in [1.165, 1.54) is 0 Å². The van der Waals surface area contributed by atoms with Crippen molar-refractivity contribution >= 4 is 11.7 Å². The second-order valence-electron chi connectivity index (χ2n) is 6.41. The molecular weight excluding hydrogens is 354 g/mol. The first kappa shape index (κ1) is 19.4. The molecule has 1 heterocycles. The number of aryl methyl sites for hydroxylation is 1. The van der Waals surface area contributed by atoms with Crippen LogP contribution >= 0.6 is 0 Å². The molecule has 0 atom stereocenters. The van der Waals surface area contributed by atoms with Crippen LogP contribution in [-0.2, 0) is 17.9 Å². The Morgan fingerprint density at radius 1 is 1.07 bits per heavy atom. The van der Waals surface area contributed by atoms with Gasteiger partial charge in [-0.15, -0.1) is 0 Å². The van der Waals surface area contributed by atoms with E-state index in [4.69, 9.17) is 15.2 Å². The van der Waals surface area contributed by atoms with Crippen molar-refractivity contribution < 1.29 is 14.3 Å². The standard InChI is InChI=1S/C22H23N3O3/c1-15-4-3-5-19(12-15)28-18-9-6-16(7-10-18)13-24-22(26)20-11-8-17(14-27-2)25-21(20)23/h3-12H,13-14H2,1-2H3,(H2,23,25)(H,24,26). The molecule has 0 aliphatic heterocycles. The van der Waals surface area contributed by atoms with E-state index in [1.54, 1.807) is 19.2 Å². The molecule has 0 aliphatic carbocycles. The van der Waals surface area contributed by atoms with Crippen molar-refractivity contribution in [2.24, 2.45) is 0 Å². The lowest BCUT2D eigenvalue weighted by Crippen LogP contribution is -2.24. The Labute approximate surface area is 164 Å². The highest BCUT2D eigenvalue weighted by atomic mass is 16.5. The first-order valence-corrected chi connectivity index (χ1v) is 8.91. The van der Waals surface area contributed by atoms with Crippen LogP contribution in [0.5, 0.6) is 11.5 Å². The molecule has 0 saturated heterocycles. The van der Waals surface area contributed by atoms with Gasteiger partial charge in [-0.3, -0.25) is 4.79 Å². The average Bonchev–Trinajstić information content (AvgIpc) is 2.68. The summed E-state index contributed by atoms with van der Waals surface area (Å²) in [6.45, 7) is 2.75. The van der Waals surface area contributed by atoms with Gasteiger partial charge in [-0.05, 0) is 54.4 Å². The molecule has 3 N–H and O–H groups in total. The number of nitrogens with two attached hydrogens (primary N) is 1. The molecule has 3 aromatic rings. The molecular formula is C22H23N3O3. The van der Waals surface area contributed by atoms with Gasteiger partial charge in [-0.1, -0.05) is 24.3 Å². The zero-order valence-corrected chi connectivity index (χ0v) is 15.9. The third kappa shape index (κ3) is 5.08. The summed E-state index contributed by atoms with van der Waals surface area (Å²) in [5.74, 6) is 1.45. The Morgan fingerprint density at radius 2 is 1.86 bits per heavy atom. The molecule has 6 heteroatoms. The minimum absolute atomic E-state index is 0.189. The van der Waals surface area contributed by atoms with Crippen LogP contribution in [0.2, 0.25) is 0 Å². The smallest absolute Gasteiger partial charge is 0.255 e. The molecule has 144 valence electrons. The van der Waals surface area contributed by atoms with Gasteiger partial charge in [0.15, 0.2) is 0 Å². The molecule has 0 saturated carbocycles. The molecule has 1 aromatic heterocycles. The fraction of sp³-hybridized carbons (Fsp3) is 0.182. The Morgan fingerprint density at radius 3 is 2.54 bits per heavy atom. The van der Waals surface area contributed by atoms with Crippen LogP contribution in [0.15, 0.2) is 60.7 Å². The van der Waals surface area contributed by atoms with Gasteiger partial charge < -0.3 is 20.5 Å². The second-order valence-corrected chi connectivity index (χ2v) is 6.41. The predicted octanol–water partition coefficient (Wildman–Crippen LogP) is 3.84. The van der Waals surface area contributed by atoms with E-state index in [2.05, 4.69) is 10.3 Å². The molecule has 1 amide bonds. The third-order valence-corrected chi connectivity index (χ3v) is 4.12. The zero-order chi connectivity index (χ0) is 19.9. The van der Waals surface area contributed by atoms with Gasteiger partial charge in [0.1, 0.15) is 17.3 Å². The fourth-order valence-corrected chi connectivity index (χ4v) is 2.71. The predicted molar refractivity (Wildman–Crippen MR) is 108 cm³/mol. The Hall–Kier alpha value is -3.38. The largest absolute Gasteiger partial charge is 0.457 e. The summed E-state index contributed by atoms with van der Waals surface area (Å²) in [5.41, 5.74) is 9.00. The van der Waals surface area contributed by atoms with Crippen molar-refractivity contribution in [3.8, 4) is 11.5 Å². The highest BCUT2D eigenvalue weighted by molar-refractivity contribution is 5.98. The number of nitrogens with one attached hydrogen (secondary N) is 1. The molecule has 0 bridgehead atoms. The van der Waals surface area contributed by atoms with E-state index in [9.17, 15) is 4.79 Å². The number of pyridine rings is 1. The van der Waals surface area contributed by atoms with Gasteiger partial charge >= 0.3 is 0 Å². The highest BCUT2D eigenvalue weighted by Gasteiger charge is 2.11. The number of anilines is 1. The summed E-state index contributed by atoms with van der Waals surface area (Å²) in [7, 11) is 1.58. The number of hydrogen-bond donors (Lipinski definition) is 2. The molecule has 2 aromatic carbocycles. The number of rotatable bonds is 7. The lowest BCUT2D eigenvalue weighted by atomic mass is 10.2. The summed E-state index contributed by atoms with van der Waals surface area (Å²) >= 11 is 0. The molecule has 0 radical (unpaired) electrons. The minimum Gasteiger partial charge on any atom is -0.457 e. The van der Waals surface area contributed by atoms with Crippen LogP contribution < -0.4 is 15.8 Å². The molecule has 0 unspecified atom stereocenters. The second kappa shape index (κ2) is 9.01. The van der Waals surface area contributed by atoms with E-state index in [0.29, 0.717) is 24.4 Å². The average molecular weight is 377 g/mol. The van der Waals surface area contributed by atoms with Crippen LogP contribution in [0.3, 0.4) is 0 Å². The Bertz CT molecular complexity index is 955. The van der Waals surface area contributed by atoms with Crippen molar-refractivity contribution in [1.29, 1.82) is 0 Å². The maximum atomic E-state index is 12.4. The monoisotopic (exact) mass is 377 g/mol. The summed E-state index contributed by atoms with van der Waals surface area (Å²) in [6.07, 6.45) is 0. The van der Waals surface area contributed by atoms with Gasteiger partial charge in [0.25, 0.3) is 5.91 Å². The number of aromatic nitrogens is 1. The van der Waals surface area contributed by atoms with Crippen LogP contribution in [-0.4, -0.2) is 18.0 Å². The minimum atomic E-state index is -0.269. The van der Waals surface area contributed by atoms with E-state index in [1.807, 2.05) is 55.5 Å². The molecule has 0 aliphatic rings. The van der Waals surface area contributed by atoms with Crippen LogP contribution in [0.25, 0.3) is 0 Å². The van der Waals surface area contributed by atoms with E-state index in [-0.39, 0.29) is 11.7 Å². The number of benzene rings is 2. The Balaban J connectivity index is 1.58. The number of nitrogen functional groups attached to an aromatic ring is 1. The number of carbonyl (C=O) groups excluding carboxylic acids is 1. The van der Waals surface area contributed by atoms with Crippen molar-refractivity contribution in [2.75, 3.05) is 12.8 Å². The highest BCUT2D eigenvalue weighted by Crippen LogP contribution is 2.22. The number of ether oxygens (including phenoxy) is 2. The Kier molecular flexibility index (Phi) is 6.24. The summed E-state index contributed by atoms with van der Waals surface area (Å²) < 4.78 is 10.8. The van der Waals surface area contributed by atoms with E-state index in [0.717, 1.165) is 22.6 Å². The SMILES string of the molecule is COCc1ccc(C(=O)NCc2ccc(Oc3cccc(C)c3)cc2)c(N)n1. The third-order valence-electron chi connectivity index (χ3n) is 4.12. The number of hydrogen-bond acceptors (Lipinski definition) is 5. The van der Waals surface area contributed by atoms with E-state index < -0.39 is 0 Å². The normalized spacial score (nSPS) is 10.5. The lowest BCUT2D eigenvalue weighted by molar-refractivity contribution is 0.0951.